The Hall–Kier alpha value is -3.80. The van der Waals surface area contributed by atoms with Crippen LogP contribution in [0, 0.1) is 13.8 Å². The van der Waals surface area contributed by atoms with Crippen molar-refractivity contribution in [1.82, 2.24) is 9.88 Å². The van der Waals surface area contributed by atoms with Crippen LogP contribution in [0.25, 0.3) is 0 Å². The predicted molar refractivity (Wildman–Crippen MR) is 117 cm³/mol. The van der Waals surface area contributed by atoms with Gasteiger partial charge in [0, 0.05) is 24.5 Å². The molecule has 0 radical (unpaired) electrons. The van der Waals surface area contributed by atoms with Gasteiger partial charge in [-0.2, -0.15) is 0 Å². The fourth-order valence-corrected chi connectivity index (χ4v) is 3.70. The van der Waals surface area contributed by atoms with Crippen LogP contribution in [-0.4, -0.2) is 33.6 Å². The number of rotatable bonds is 5. The van der Waals surface area contributed by atoms with E-state index in [2.05, 4.69) is 4.98 Å². The molecule has 2 heterocycles. The Morgan fingerprint density at radius 2 is 1.65 bits per heavy atom. The second-order valence-electron chi connectivity index (χ2n) is 7.78. The fourth-order valence-electron chi connectivity index (χ4n) is 3.70. The summed E-state index contributed by atoms with van der Waals surface area (Å²) in [5.41, 5.74) is 3.85. The van der Waals surface area contributed by atoms with E-state index < -0.39 is 11.9 Å². The molecule has 31 heavy (non-hydrogen) atoms. The van der Waals surface area contributed by atoms with Crippen LogP contribution in [0.1, 0.15) is 33.5 Å². The van der Waals surface area contributed by atoms with Crippen molar-refractivity contribution in [3.8, 4) is 0 Å². The Labute approximate surface area is 181 Å². The molecule has 0 saturated carbocycles. The van der Waals surface area contributed by atoms with Crippen LogP contribution in [0.5, 0.6) is 0 Å². The first kappa shape index (κ1) is 20.5. The van der Waals surface area contributed by atoms with Crippen LogP contribution < -0.4 is 4.90 Å². The zero-order valence-corrected chi connectivity index (χ0v) is 17.5. The van der Waals surface area contributed by atoms with E-state index in [1.165, 1.54) is 9.80 Å². The van der Waals surface area contributed by atoms with Crippen LogP contribution in [0.15, 0.2) is 73.1 Å². The number of carbonyl (C=O) groups is 3. The van der Waals surface area contributed by atoms with E-state index >= 15 is 0 Å². The fraction of sp³-hybridized carbons (Fsp3) is 0.200. The molecule has 0 aliphatic carbocycles. The number of aromatic nitrogens is 1. The number of nitrogens with zero attached hydrogens (tertiary/aromatic N) is 3. The number of benzene rings is 2. The summed E-state index contributed by atoms with van der Waals surface area (Å²) in [7, 11) is 0. The molecule has 0 N–H and O–H groups in total. The van der Waals surface area contributed by atoms with Crippen LogP contribution in [0.4, 0.5) is 5.69 Å². The number of imide groups is 1. The third kappa shape index (κ3) is 4.23. The van der Waals surface area contributed by atoms with Crippen molar-refractivity contribution in [3.05, 3.63) is 95.3 Å². The Balaban J connectivity index is 1.68. The first-order chi connectivity index (χ1) is 14.9. The van der Waals surface area contributed by atoms with Gasteiger partial charge in [0.2, 0.25) is 5.91 Å². The molecule has 6 heteroatoms. The highest BCUT2D eigenvalue weighted by Gasteiger charge is 2.44. The third-order valence-corrected chi connectivity index (χ3v) is 5.43. The first-order valence-electron chi connectivity index (χ1n) is 10.1. The lowest BCUT2D eigenvalue weighted by Gasteiger charge is -2.28. The minimum Gasteiger partial charge on any atom is -0.322 e. The van der Waals surface area contributed by atoms with Gasteiger partial charge in [0.05, 0.1) is 12.1 Å². The SMILES string of the molecule is Cc1ccc(C(=O)N(Cc2cccnc2)C2CC(=O)N(c3ccc(C)cc3)C2=O)cc1. The molecule has 1 atom stereocenters. The lowest BCUT2D eigenvalue weighted by molar-refractivity contribution is -0.122. The lowest BCUT2D eigenvalue weighted by atomic mass is 10.1. The van der Waals surface area contributed by atoms with Crippen molar-refractivity contribution in [2.24, 2.45) is 0 Å². The van der Waals surface area contributed by atoms with Crippen molar-refractivity contribution >= 4 is 23.4 Å². The molecule has 1 fully saturated rings. The highest BCUT2D eigenvalue weighted by Crippen LogP contribution is 2.28. The van der Waals surface area contributed by atoms with Gasteiger partial charge >= 0.3 is 0 Å². The Morgan fingerprint density at radius 1 is 1.00 bits per heavy atom. The van der Waals surface area contributed by atoms with E-state index in [0.717, 1.165) is 16.7 Å². The van der Waals surface area contributed by atoms with Gasteiger partial charge in [-0.05, 0) is 49.7 Å². The number of hydrogen-bond donors (Lipinski definition) is 0. The highest BCUT2D eigenvalue weighted by atomic mass is 16.2. The molecule has 0 spiro atoms. The van der Waals surface area contributed by atoms with Crippen LogP contribution in [0.2, 0.25) is 0 Å². The quantitative estimate of drug-likeness (QED) is 0.599. The number of hydrogen-bond acceptors (Lipinski definition) is 4. The molecular formula is C25H23N3O3. The number of anilines is 1. The van der Waals surface area contributed by atoms with Gasteiger partial charge < -0.3 is 4.90 Å². The first-order valence-corrected chi connectivity index (χ1v) is 10.1. The molecule has 6 nitrogen and oxygen atoms in total. The second-order valence-corrected chi connectivity index (χ2v) is 7.78. The molecule has 4 rings (SSSR count). The van der Waals surface area contributed by atoms with Gasteiger partial charge in [-0.15, -0.1) is 0 Å². The predicted octanol–water partition coefficient (Wildman–Crippen LogP) is 3.67. The average molecular weight is 413 g/mol. The number of aryl methyl sites for hydroxylation is 2. The Bertz CT molecular complexity index is 1110. The largest absolute Gasteiger partial charge is 0.322 e. The molecular weight excluding hydrogens is 390 g/mol. The highest BCUT2D eigenvalue weighted by molar-refractivity contribution is 6.23. The third-order valence-electron chi connectivity index (χ3n) is 5.43. The maximum absolute atomic E-state index is 13.4. The summed E-state index contributed by atoms with van der Waals surface area (Å²) in [4.78, 5) is 46.3. The maximum atomic E-state index is 13.4. The van der Waals surface area contributed by atoms with Crippen molar-refractivity contribution in [3.63, 3.8) is 0 Å². The van der Waals surface area contributed by atoms with Gasteiger partial charge in [-0.1, -0.05) is 41.5 Å². The second kappa shape index (κ2) is 8.52. The Kier molecular flexibility index (Phi) is 5.62. The normalized spacial score (nSPS) is 15.9. The number of amides is 3. The summed E-state index contributed by atoms with van der Waals surface area (Å²) in [5.74, 6) is -0.995. The molecule has 156 valence electrons. The van der Waals surface area contributed by atoms with E-state index in [1.54, 1.807) is 42.7 Å². The zero-order chi connectivity index (χ0) is 22.0. The minimum atomic E-state index is -0.872. The topological polar surface area (TPSA) is 70.6 Å². The minimum absolute atomic E-state index is 0.0510. The van der Waals surface area contributed by atoms with E-state index in [0.29, 0.717) is 11.3 Å². The Morgan fingerprint density at radius 3 is 2.26 bits per heavy atom. The lowest BCUT2D eigenvalue weighted by Crippen LogP contribution is -2.45. The van der Waals surface area contributed by atoms with Crippen LogP contribution >= 0.6 is 0 Å². The summed E-state index contributed by atoms with van der Waals surface area (Å²) in [6.45, 7) is 4.07. The monoisotopic (exact) mass is 413 g/mol. The van der Waals surface area contributed by atoms with Gasteiger partial charge in [0.25, 0.3) is 11.8 Å². The molecule has 1 aliphatic rings. The molecule has 1 aromatic heterocycles. The summed E-state index contributed by atoms with van der Waals surface area (Å²) < 4.78 is 0. The summed E-state index contributed by atoms with van der Waals surface area (Å²) in [6.07, 6.45) is 3.26. The molecule has 1 unspecified atom stereocenters. The molecule has 1 saturated heterocycles. The van der Waals surface area contributed by atoms with Gasteiger partial charge in [-0.3, -0.25) is 19.4 Å². The van der Waals surface area contributed by atoms with E-state index in [1.807, 2.05) is 44.2 Å². The molecule has 3 amide bonds. The maximum Gasteiger partial charge on any atom is 0.257 e. The van der Waals surface area contributed by atoms with E-state index in [4.69, 9.17) is 0 Å². The van der Waals surface area contributed by atoms with Crippen molar-refractivity contribution in [2.75, 3.05) is 4.90 Å². The van der Waals surface area contributed by atoms with Crippen molar-refractivity contribution in [2.45, 2.75) is 32.9 Å². The number of pyridine rings is 1. The van der Waals surface area contributed by atoms with Gasteiger partial charge in [-0.25, -0.2) is 4.90 Å². The van der Waals surface area contributed by atoms with Crippen LogP contribution in [0.3, 0.4) is 0 Å². The summed E-state index contributed by atoms with van der Waals surface area (Å²) in [5, 5.41) is 0. The molecule has 1 aliphatic heterocycles. The standard InChI is InChI=1S/C25H23N3O3/c1-17-5-9-20(10-6-17)24(30)27(16-19-4-3-13-26-15-19)22-14-23(29)28(25(22)31)21-11-7-18(2)8-12-21/h3-13,15,22H,14,16H2,1-2H3. The average Bonchev–Trinajstić information content (AvgIpc) is 3.07. The smallest absolute Gasteiger partial charge is 0.257 e. The van der Waals surface area contributed by atoms with Gasteiger partial charge in [0.15, 0.2) is 0 Å². The van der Waals surface area contributed by atoms with Crippen molar-refractivity contribution < 1.29 is 14.4 Å². The molecule has 3 aromatic rings. The summed E-state index contributed by atoms with van der Waals surface area (Å²) >= 11 is 0. The summed E-state index contributed by atoms with van der Waals surface area (Å²) in [6, 6.07) is 17.2. The number of carbonyl (C=O) groups excluding carboxylic acids is 3. The molecule has 0 bridgehead atoms. The zero-order valence-electron chi connectivity index (χ0n) is 17.5. The molecule has 2 aromatic carbocycles. The van der Waals surface area contributed by atoms with E-state index in [9.17, 15) is 14.4 Å². The van der Waals surface area contributed by atoms with E-state index in [-0.39, 0.29) is 24.8 Å². The van der Waals surface area contributed by atoms with Crippen LogP contribution in [-0.2, 0) is 16.1 Å². The van der Waals surface area contributed by atoms with Gasteiger partial charge in [0.1, 0.15) is 6.04 Å². The van der Waals surface area contributed by atoms with Crippen molar-refractivity contribution in [1.29, 1.82) is 0 Å².